The van der Waals surface area contributed by atoms with Crippen molar-refractivity contribution in [1.29, 1.82) is 0 Å². The van der Waals surface area contributed by atoms with E-state index in [1.54, 1.807) is 30.1 Å². The highest BCUT2D eigenvalue weighted by Crippen LogP contribution is 2.34. The average Bonchev–Trinajstić information content (AvgIpc) is 3.34. The fraction of sp³-hybridized carbons (Fsp3) is 0.333. The highest BCUT2D eigenvalue weighted by Gasteiger charge is 2.26. The molecule has 1 N–H and O–H groups in total. The Morgan fingerprint density at radius 1 is 1.15 bits per heavy atom. The first-order valence-corrected chi connectivity index (χ1v) is 11.0. The van der Waals surface area contributed by atoms with E-state index >= 15 is 0 Å². The molecule has 1 saturated heterocycles. The van der Waals surface area contributed by atoms with E-state index in [0.717, 1.165) is 32.5 Å². The number of amides is 2. The summed E-state index contributed by atoms with van der Waals surface area (Å²) in [6.07, 6.45) is 1.74. The molecule has 1 fully saturated rings. The van der Waals surface area contributed by atoms with Crippen LogP contribution in [0.25, 0.3) is 11.4 Å². The van der Waals surface area contributed by atoms with E-state index in [9.17, 15) is 9.59 Å². The van der Waals surface area contributed by atoms with Gasteiger partial charge in [0.15, 0.2) is 6.61 Å². The maximum atomic E-state index is 12.7. The molecule has 2 aliphatic heterocycles. The standard InChI is InChI=1S/C24H25N5O4/c1-28-19-8-7-17(13-20(19)32-15-21(28)30)22-26-24(33-27-22)23(31)25-18-9-11-29(12-10-18)14-16-5-3-2-4-6-16/h2-8,13,18H,9-12,14-15H2,1H3,(H,25,31). The SMILES string of the molecule is CN1C(=O)COc2cc(-c3noc(C(=O)NC4CCN(Cc5ccccc5)CC4)n3)ccc21. The average molecular weight is 447 g/mol. The number of nitrogens with zero attached hydrogens (tertiary/aromatic N) is 4. The molecule has 2 amide bonds. The lowest BCUT2D eigenvalue weighted by atomic mass is 10.0. The van der Waals surface area contributed by atoms with Crippen LogP contribution in [0.4, 0.5) is 5.69 Å². The number of nitrogens with one attached hydrogen (secondary N) is 1. The van der Waals surface area contributed by atoms with E-state index in [2.05, 4.69) is 44.6 Å². The molecule has 5 rings (SSSR count). The summed E-state index contributed by atoms with van der Waals surface area (Å²) < 4.78 is 10.7. The number of carbonyl (C=O) groups excluding carboxylic acids is 2. The van der Waals surface area contributed by atoms with E-state index < -0.39 is 0 Å². The molecule has 0 unspecified atom stereocenters. The topological polar surface area (TPSA) is 101 Å². The van der Waals surface area contributed by atoms with Gasteiger partial charge in [0.25, 0.3) is 5.91 Å². The maximum Gasteiger partial charge on any atom is 0.316 e. The first kappa shape index (κ1) is 21.1. The molecule has 2 aliphatic rings. The van der Waals surface area contributed by atoms with Crippen LogP contribution in [-0.4, -0.2) is 59.6 Å². The molecule has 0 saturated carbocycles. The normalized spacial score (nSPS) is 16.9. The Morgan fingerprint density at radius 3 is 2.73 bits per heavy atom. The zero-order valence-electron chi connectivity index (χ0n) is 18.4. The predicted molar refractivity (Wildman–Crippen MR) is 121 cm³/mol. The van der Waals surface area contributed by atoms with Crippen molar-refractivity contribution in [3.8, 4) is 17.1 Å². The molecule has 0 spiro atoms. The molecule has 9 nitrogen and oxygen atoms in total. The number of hydrogen-bond donors (Lipinski definition) is 1. The molecule has 33 heavy (non-hydrogen) atoms. The monoisotopic (exact) mass is 447 g/mol. The fourth-order valence-electron chi connectivity index (χ4n) is 4.17. The summed E-state index contributed by atoms with van der Waals surface area (Å²) >= 11 is 0. The zero-order chi connectivity index (χ0) is 22.8. The lowest BCUT2D eigenvalue weighted by Crippen LogP contribution is -2.44. The van der Waals surface area contributed by atoms with Crippen LogP contribution in [0.3, 0.4) is 0 Å². The van der Waals surface area contributed by atoms with Gasteiger partial charge in [0.1, 0.15) is 5.75 Å². The van der Waals surface area contributed by atoms with Crippen LogP contribution in [0.15, 0.2) is 53.1 Å². The van der Waals surface area contributed by atoms with Crippen molar-refractivity contribution in [1.82, 2.24) is 20.4 Å². The molecule has 0 radical (unpaired) electrons. The maximum absolute atomic E-state index is 12.7. The summed E-state index contributed by atoms with van der Waals surface area (Å²) in [6.45, 7) is 2.74. The number of piperidine rings is 1. The summed E-state index contributed by atoms with van der Waals surface area (Å²) in [5, 5.41) is 6.97. The Bertz CT molecular complexity index is 1150. The minimum atomic E-state index is -0.366. The van der Waals surface area contributed by atoms with E-state index in [4.69, 9.17) is 9.26 Å². The smallest absolute Gasteiger partial charge is 0.316 e. The highest BCUT2D eigenvalue weighted by atomic mass is 16.5. The lowest BCUT2D eigenvalue weighted by molar-refractivity contribution is -0.120. The minimum absolute atomic E-state index is 0.0168. The molecule has 2 aromatic carbocycles. The van der Waals surface area contributed by atoms with E-state index in [1.165, 1.54) is 5.56 Å². The lowest BCUT2D eigenvalue weighted by Gasteiger charge is -2.32. The highest BCUT2D eigenvalue weighted by molar-refractivity contribution is 5.97. The van der Waals surface area contributed by atoms with Crippen LogP contribution in [-0.2, 0) is 11.3 Å². The number of anilines is 1. The number of fused-ring (bicyclic) bond motifs is 1. The molecule has 0 atom stereocenters. The van der Waals surface area contributed by atoms with Gasteiger partial charge in [-0.2, -0.15) is 4.98 Å². The van der Waals surface area contributed by atoms with Gasteiger partial charge in [0.05, 0.1) is 5.69 Å². The molecule has 9 heteroatoms. The Balaban J connectivity index is 1.18. The molecule has 0 aliphatic carbocycles. The zero-order valence-corrected chi connectivity index (χ0v) is 18.4. The van der Waals surface area contributed by atoms with Crippen molar-refractivity contribution >= 4 is 17.5 Å². The molecule has 0 bridgehead atoms. The molecule has 3 aromatic rings. The molecular weight excluding hydrogens is 422 g/mol. The number of aromatic nitrogens is 2. The second-order valence-electron chi connectivity index (χ2n) is 8.36. The molecular formula is C24H25N5O4. The number of carbonyl (C=O) groups is 2. The van der Waals surface area contributed by atoms with Gasteiger partial charge >= 0.3 is 11.8 Å². The van der Waals surface area contributed by atoms with Gasteiger partial charge in [-0.15, -0.1) is 0 Å². The summed E-state index contributed by atoms with van der Waals surface area (Å²) in [7, 11) is 1.70. The number of rotatable bonds is 5. The Kier molecular flexibility index (Phi) is 5.78. The second kappa shape index (κ2) is 9.03. The van der Waals surface area contributed by atoms with Crippen molar-refractivity contribution in [3.63, 3.8) is 0 Å². The minimum Gasteiger partial charge on any atom is -0.482 e. The Hall–Kier alpha value is -3.72. The largest absolute Gasteiger partial charge is 0.482 e. The first-order chi connectivity index (χ1) is 16.1. The van der Waals surface area contributed by atoms with E-state index in [1.807, 2.05) is 6.07 Å². The number of likely N-dealkylation sites (N-methyl/N-ethyl adjacent to an activating group) is 1. The van der Waals surface area contributed by atoms with Gasteiger partial charge in [-0.25, -0.2) is 0 Å². The predicted octanol–water partition coefficient (Wildman–Crippen LogP) is 2.49. The van der Waals surface area contributed by atoms with E-state index in [0.29, 0.717) is 22.8 Å². The van der Waals surface area contributed by atoms with Crippen LogP contribution >= 0.6 is 0 Å². The van der Waals surface area contributed by atoms with Crippen LogP contribution < -0.4 is 15.0 Å². The van der Waals surface area contributed by atoms with Crippen LogP contribution in [0, 0.1) is 0 Å². The Morgan fingerprint density at radius 2 is 1.94 bits per heavy atom. The summed E-state index contributed by atoms with van der Waals surface area (Å²) in [5.41, 5.74) is 2.62. The van der Waals surface area contributed by atoms with Gasteiger partial charge in [-0.3, -0.25) is 14.5 Å². The van der Waals surface area contributed by atoms with Gasteiger partial charge in [-0.05, 0) is 36.6 Å². The molecule has 170 valence electrons. The molecule has 1 aromatic heterocycles. The van der Waals surface area contributed by atoms with Crippen molar-refractivity contribution in [3.05, 3.63) is 60.0 Å². The third kappa shape index (κ3) is 4.58. The quantitative estimate of drug-likeness (QED) is 0.641. The van der Waals surface area contributed by atoms with Gasteiger partial charge in [0, 0.05) is 38.3 Å². The van der Waals surface area contributed by atoms with Crippen molar-refractivity contribution in [2.75, 3.05) is 31.6 Å². The van der Waals surface area contributed by atoms with Crippen LogP contribution in [0.1, 0.15) is 29.1 Å². The third-order valence-electron chi connectivity index (χ3n) is 6.10. The van der Waals surface area contributed by atoms with Gasteiger partial charge in [-0.1, -0.05) is 35.5 Å². The number of likely N-dealkylation sites (tertiary alicyclic amines) is 1. The third-order valence-corrected chi connectivity index (χ3v) is 6.10. The second-order valence-corrected chi connectivity index (χ2v) is 8.36. The Labute approximate surface area is 191 Å². The van der Waals surface area contributed by atoms with E-state index in [-0.39, 0.29) is 30.4 Å². The number of hydrogen-bond acceptors (Lipinski definition) is 7. The number of ether oxygens (including phenoxy) is 1. The number of benzene rings is 2. The van der Waals surface area contributed by atoms with Crippen molar-refractivity contribution in [2.24, 2.45) is 0 Å². The van der Waals surface area contributed by atoms with Crippen LogP contribution in [0.2, 0.25) is 0 Å². The summed E-state index contributed by atoms with van der Waals surface area (Å²) in [4.78, 5) is 32.6. The summed E-state index contributed by atoms with van der Waals surface area (Å²) in [5.74, 6) is 0.313. The van der Waals surface area contributed by atoms with Gasteiger partial charge < -0.3 is 19.5 Å². The summed E-state index contributed by atoms with van der Waals surface area (Å²) in [6, 6.07) is 15.7. The fourth-order valence-corrected chi connectivity index (χ4v) is 4.17. The van der Waals surface area contributed by atoms with Crippen LogP contribution in [0.5, 0.6) is 5.75 Å². The van der Waals surface area contributed by atoms with Crippen molar-refractivity contribution in [2.45, 2.75) is 25.4 Å². The van der Waals surface area contributed by atoms with Crippen molar-refractivity contribution < 1.29 is 18.8 Å². The molecule has 3 heterocycles. The first-order valence-electron chi connectivity index (χ1n) is 11.0. The van der Waals surface area contributed by atoms with Gasteiger partial charge in [0.2, 0.25) is 5.82 Å².